The molecular weight excluding hydrogens is 246 g/mol. The molecule has 3 aliphatic rings. The quantitative estimate of drug-likeness (QED) is 0.854. The third-order valence-electron chi connectivity index (χ3n) is 5.82. The number of hydrogen-bond acceptors (Lipinski definition) is 3. The van der Waals surface area contributed by atoms with Gasteiger partial charge in [-0.05, 0) is 76.7 Å². The molecule has 0 saturated carbocycles. The molecule has 3 nitrogen and oxygen atoms in total. The Morgan fingerprint density at radius 3 is 2.45 bits per heavy atom. The van der Waals surface area contributed by atoms with Gasteiger partial charge < -0.3 is 10.2 Å². The molecule has 0 radical (unpaired) electrons. The Bertz CT molecular complexity index is 280. The van der Waals surface area contributed by atoms with E-state index in [1.54, 1.807) is 0 Å². The molecule has 0 aromatic rings. The highest BCUT2D eigenvalue weighted by molar-refractivity contribution is 4.89. The average molecular weight is 279 g/mol. The van der Waals surface area contributed by atoms with Crippen molar-refractivity contribution in [2.45, 2.75) is 51.5 Å². The van der Waals surface area contributed by atoms with Crippen molar-refractivity contribution in [2.75, 3.05) is 45.8 Å². The fourth-order valence-electron chi connectivity index (χ4n) is 4.36. The lowest BCUT2D eigenvalue weighted by Crippen LogP contribution is -2.55. The minimum absolute atomic E-state index is 0.809. The molecule has 3 fully saturated rings. The predicted octanol–water partition coefficient (Wildman–Crippen LogP) is 2.18. The Morgan fingerprint density at radius 1 is 0.950 bits per heavy atom. The summed E-state index contributed by atoms with van der Waals surface area (Å²) in [4.78, 5) is 5.56. The Morgan fingerprint density at radius 2 is 1.70 bits per heavy atom. The van der Waals surface area contributed by atoms with Crippen molar-refractivity contribution < 1.29 is 0 Å². The van der Waals surface area contributed by atoms with Gasteiger partial charge in [0.15, 0.2) is 0 Å². The Balaban J connectivity index is 1.54. The number of nitrogens with zero attached hydrogens (tertiary/aromatic N) is 2. The van der Waals surface area contributed by atoms with Crippen LogP contribution in [0.3, 0.4) is 0 Å². The van der Waals surface area contributed by atoms with Crippen molar-refractivity contribution in [3.63, 3.8) is 0 Å². The zero-order valence-electron chi connectivity index (χ0n) is 13.3. The fraction of sp³-hybridized carbons (Fsp3) is 1.00. The van der Waals surface area contributed by atoms with Crippen LogP contribution < -0.4 is 5.32 Å². The maximum Gasteiger partial charge on any atom is 0.0261 e. The van der Waals surface area contributed by atoms with Crippen molar-refractivity contribution >= 4 is 0 Å². The van der Waals surface area contributed by atoms with Gasteiger partial charge in [-0.2, -0.15) is 0 Å². The summed E-state index contributed by atoms with van der Waals surface area (Å²) in [5.41, 5.74) is 0. The predicted molar refractivity (Wildman–Crippen MR) is 85.0 cm³/mol. The minimum Gasteiger partial charge on any atom is -0.315 e. The molecular formula is C17H33N3. The van der Waals surface area contributed by atoms with E-state index in [0.29, 0.717) is 0 Å². The second-order valence-electron chi connectivity index (χ2n) is 7.40. The zero-order chi connectivity index (χ0) is 13.8. The molecule has 0 aromatic carbocycles. The molecule has 3 rings (SSSR count). The number of hydrogen-bond donors (Lipinski definition) is 1. The summed E-state index contributed by atoms with van der Waals surface area (Å²) in [7, 11) is 0. The van der Waals surface area contributed by atoms with Crippen LogP contribution in [0.2, 0.25) is 0 Å². The first-order valence-corrected chi connectivity index (χ1v) is 9.00. The molecule has 2 atom stereocenters. The van der Waals surface area contributed by atoms with E-state index in [0.717, 1.165) is 17.9 Å². The standard InChI is InChI=1S/C17H33N3/c1-15-6-11-19(12-7-15)14-16-5-8-18-13-17(16)20-9-3-2-4-10-20/h15-18H,2-14H2,1H3. The van der Waals surface area contributed by atoms with E-state index >= 15 is 0 Å². The topological polar surface area (TPSA) is 18.5 Å². The molecule has 0 amide bonds. The molecule has 0 spiro atoms. The van der Waals surface area contributed by atoms with Crippen LogP contribution in [0, 0.1) is 11.8 Å². The number of piperidine rings is 3. The smallest absolute Gasteiger partial charge is 0.0261 e. The maximum atomic E-state index is 3.65. The Kier molecular flexibility index (Phi) is 5.36. The van der Waals surface area contributed by atoms with Crippen molar-refractivity contribution in [2.24, 2.45) is 11.8 Å². The Hall–Kier alpha value is -0.120. The van der Waals surface area contributed by atoms with E-state index in [1.165, 1.54) is 84.3 Å². The largest absolute Gasteiger partial charge is 0.315 e. The van der Waals surface area contributed by atoms with Crippen molar-refractivity contribution in [3.8, 4) is 0 Å². The molecule has 0 aromatic heterocycles. The summed E-state index contributed by atoms with van der Waals surface area (Å²) in [5, 5.41) is 3.65. The molecule has 3 heteroatoms. The summed E-state index contributed by atoms with van der Waals surface area (Å²) in [5.74, 6) is 1.86. The first-order chi connectivity index (χ1) is 9.83. The van der Waals surface area contributed by atoms with Crippen LogP contribution in [0.4, 0.5) is 0 Å². The minimum atomic E-state index is 0.809. The van der Waals surface area contributed by atoms with Gasteiger partial charge in [-0.1, -0.05) is 13.3 Å². The molecule has 116 valence electrons. The average Bonchev–Trinajstić information content (AvgIpc) is 2.51. The van der Waals surface area contributed by atoms with E-state index in [1.807, 2.05) is 0 Å². The number of likely N-dealkylation sites (tertiary alicyclic amines) is 2. The first-order valence-electron chi connectivity index (χ1n) is 9.00. The lowest BCUT2D eigenvalue weighted by Gasteiger charge is -2.44. The highest BCUT2D eigenvalue weighted by Gasteiger charge is 2.32. The molecule has 0 bridgehead atoms. The van der Waals surface area contributed by atoms with Crippen molar-refractivity contribution in [3.05, 3.63) is 0 Å². The van der Waals surface area contributed by atoms with Gasteiger partial charge in [0.2, 0.25) is 0 Å². The van der Waals surface area contributed by atoms with Crippen LogP contribution >= 0.6 is 0 Å². The molecule has 20 heavy (non-hydrogen) atoms. The molecule has 2 unspecified atom stereocenters. The summed E-state index contributed by atoms with van der Waals surface area (Å²) < 4.78 is 0. The SMILES string of the molecule is CC1CCN(CC2CCNCC2N2CCCCC2)CC1. The van der Waals surface area contributed by atoms with Gasteiger partial charge >= 0.3 is 0 Å². The molecule has 1 N–H and O–H groups in total. The van der Waals surface area contributed by atoms with Crippen LogP contribution in [0.15, 0.2) is 0 Å². The van der Waals surface area contributed by atoms with Gasteiger partial charge in [-0.25, -0.2) is 0 Å². The summed E-state index contributed by atoms with van der Waals surface area (Å²) >= 11 is 0. The molecule has 3 aliphatic heterocycles. The maximum absolute atomic E-state index is 3.65. The third-order valence-corrected chi connectivity index (χ3v) is 5.82. The van der Waals surface area contributed by atoms with Gasteiger partial charge in [-0.3, -0.25) is 4.90 Å². The van der Waals surface area contributed by atoms with E-state index in [4.69, 9.17) is 0 Å². The van der Waals surface area contributed by atoms with E-state index < -0.39 is 0 Å². The van der Waals surface area contributed by atoms with Gasteiger partial charge in [0.1, 0.15) is 0 Å². The van der Waals surface area contributed by atoms with Gasteiger partial charge in [-0.15, -0.1) is 0 Å². The van der Waals surface area contributed by atoms with E-state index in [2.05, 4.69) is 22.0 Å². The van der Waals surface area contributed by atoms with Crippen LogP contribution in [0.5, 0.6) is 0 Å². The van der Waals surface area contributed by atoms with E-state index in [-0.39, 0.29) is 0 Å². The summed E-state index contributed by atoms with van der Waals surface area (Å²) in [6.07, 6.45) is 8.51. The van der Waals surface area contributed by atoms with Gasteiger partial charge in [0.25, 0.3) is 0 Å². The van der Waals surface area contributed by atoms with Crippen LogP contribution in [0.25, 0.3) is 0 Å². The normalized spacial score (nSPS) is 35.2. The summed E-state index contributed by atoms with van der Waals surface area (Å²) in [6.45, 7) is 11.6. The Labute approximate surface area is 125 Å². The molecule has 3 saturated heterocycles. The van der Waals surface area contributed by atoms with Crippen LogP contribution in [0.1, 0.15) is 45.4 Å². The monoisotopic (exact) mass is 279 g/mol. The van der Waals surface area contributed by atoms with Gasteiger partial charge in [0, 0.05) is 19.1 Å². The second kappa shape index (κ2) is 7.24. The fourth-order valence-corrected chi connectivity index (χ4v) is 4.36. The van der Waals surface area contributed by atoms with Gasteiger partial charge in [0.05, 0.1) is 0 Å². The highest BCUT2D eigenvalue weighted by atomic mass is 15.2. The number of nitrogens with one attached hydrogen (secondary N) is 1. The highest BCUT2D eigenvalue weighted by Crippen LogP contribution is 2.25. The van der Waals surface area contributed by atoms with E-state index in [9.17, 15) is 0 Å². The second-order valence-corrected chi connectivity index (χ2v) is 7.40. The molecule has 3 heterocycles. The lowest BCUT2D eigenvalue weighted by molar-refractivity contribution is 0.0628. The lowest BCUT2D eigenvalue weighted by atomic mass is 9.88. The first kappa shape index (κ1) is 14.8. The summed E-state index contributed by atoms with van der Waals surface area (Å²) in [6, 6.07) is 0.809. The van der Waals surface area contributed by atoms with Crippen LogP contribution in [-0.4, -0.2) is 61.7 Å². The number of rotatable bonds is 3. The van der Waals surface area contributed by atoms with Crippen molar-refractivity contribution in [1.29, 1.82) is 0 Å². The van der Waals surface area contributed by atoms with Crippen molar-refractivity contribution in [1.82, 2.24) is 15.1 Å². The zero-order valence-corrected chi connectivity index (χ0v) is 13.3. The molecule has 0 aliphatic carbocycles. The van der Waals surface area contributed by atoms with Crippen LogP contribution in [-0.2, 0) is 0 Å². The third kappa shape index (κ3) is 3.75.